The van der Waals surface area contributed by atoms with Crippen LogP contribution in [-0.4, -0.2) is 15.6 Å². The van der Waals surface area contributed by atoms with E-state index in [4.69, 9.17) is 11.6 Å². The van der Waals surface area contributed by atoms with Gasteiger partial charge >= 0.3 is 0 Å². The molecule has 1 aromatic heterocycles. The summed E-state index contributed by atoms with van der Waals surface area (Å²) < 4.78 is 14.8. The zero-order valence-electron chi connectivity index (χ0n) is 9.15. The van der Waals surface area contributed by atoms with E-state index < -0.39 is 5.82 Å². The van der Waals surface area contributed by atoms with Gasteiger partial charge in [0.15, 0.2) is 5.78 Å². The van der Waals surface area contributed by atoms with Gasteiger partial charge in [0.05, 0.1) is 16.8 Å². The largest absolute Gasteiger partial charge is 0.288 e. The quantitative estimate of drug-likeness (QED) is 0.788. The van der Waals surface area contributed by atoms with Crippen LogP contribution < -0.4 is 0 Å². The first-order valence-corrected chi connectivity index (χ1v) is 5.52. The average molecular weight is 253 g/mol. The molecule has 0 aliphatic carbocycles. The summed E-state index contributed by atoms with van der Waals surface area (Å²) in [6, 6.07) is 4.17. The van der Waals surface area contributed by atoms with Crippen LogP contribution >= 0.6 is 11.6 Å². The summed E-state index contributed by atoms with van der Waals surface area (Å²) >= 11 is 5.76. The Kier molecular flexibility index (Phi) is 3.24. The van der Waals surface area contributed by atoms with Crippen molar-refractivity contribution in [1.82, 2.24) is 9.78 Å². The Morgan fingerprint density at radius 3 is 2.94 bits per heavy atom. The van der Waals surface area contributed by atoms with Gasteiger partial charge in [0.25, 0.3) is 0 Å². The zero-order valence-corrected chi connectivity index (χ0v) is 9.91. The number of halogens is 2. The third kappa shape index (κ3) is 2.22. The molecule has 0 amide bonds. The number of carbonyl (C=O) groups excluding carboxylic acids is 1. The fraction of sp³-hybridized carbons (Fsp3) is 0.167. The molecule has 0 bridgehead atoms. The third-order valence-electron chi connectivity index (χ3n) is 2.42. The molecule has 2 rings (SSSR count). The molecule has 3 nitrogen and oxygen atoms in total. The van der Waals surface area contributed by atoms with E-state index in [2.05, 4.69) is 5.10 Å². The molecule has 0 aliphatic rings. The number of aryl methyl sites for hydroxylation is 1. The van der Waals surface area contributed by atoms with Gasteiger partial charge in [-0.15, -0.1) is 0 Å². The lowest BCUT2D eigenvalue weighted by Gasteiger charge is -2.01. The standard InChI is InChI=1S/C12H10ClFN2O/c1-2-16-7-8(6-15-16)12(17)9-4-3-5-10(14)11(9)13/h3-7H,2H2,1H3. The van der Waals surface area contributed by atoms with Crippen molar-refractivity contribution in [3.05, 3.63) is 52.6 Å². The number of aromatic nitrogens is 2. The molecule has 17 heavy (non-hydrogen) atoms. The van der Waals surface area contributed by atoms with Gasteiger partial charge in [-0.1, -0.05) is 17.7 Å². The molecule has 2 aromatic rings. The number of carbonyl (C=O) groups is 1. The second kappa shape index (κ2) is 4.67. The minimum absolute atomic E-state index is 0.151. The van der Waals surface area contributed by atoms with Crippen molar-refractivity contribution in [3.8, 4) is 0 Å². The first-order valence-electron chi connectivity index (χ1n) is 5.14. The number of hydrogen-bond acceptors (Lipinski definition) is 2. The molecule has 0 fully saturated rings. The normalized spacial score (nSPS) is 10.5. The van der Waals surface area contributed by atoms with Crippen LogP contribution in [0.3, 0.4) is 0 Å². The van der Waals surface area contributed by atoms with Crippen molar-refractivity contribution in [2.75, 3.05) is 0 Å². The summed E-state index contributed by atoms with van der Waals surface area (Å²) in [7, 11) is 0. The molecule has 0 unspecified atom stereocenters. The molecular weight excluding hydrogens is 243 g/mol. The molecule has 0 radical (unpaired) electrons. The summed E-state index contributed by atoms with van der Waals surface area (Å²) in [5.41, 5.74) is 0.557. The number of hydrogen-bond donors (Lipinski definition) is 0. The van der Waals surface area contributed by atoms with Crippen molar-refractivity contribution in [1.29, 1.82) is 0 Å². The Labute approximate surface area is 103 Å². The summed E-state index contributed by atoms with van der Waals surface area (Å²) in [4.78, 5) is 12.0. The zero-order chi connectivity index (χ0) is 12.4. The smallest absolute Gasteiger partial charge is 0.197 e. The fourth-order valence-corrected chi connectivity index (χ4v) is 1.70. The summed E-state index contributed by atoms with van der Waals surface area (Å²) in [6.07, 6.45) is 3.07. The maximum absolute atomic E-state index is 13.2. The van der Waals surface area contributed by atoms with Crippen molar-refractivity contribution in [2.45, 2.75) is 13.5 Å². The van der Waals surface area contributed by atoms with E-state index in [9.17, 15) is 9.18 Å². The van der Waals surface area contributed by atoms with Gasteiger partial charge in [-0.3, -0.25) is 9.48 Å². The van der Waals surface area contributed by atoms with E-state index in [-0.39, 0.29) is 16.4 Å². The van der Waals surface area contributed by atoms with Crippen LogP contribution in [0.2, 0.25) is 5.02 Å². The van der Waals surface area contributed by atoms with Crippen molar-refractivity contribution in [3.63, 3.8) is 0 Å². The van der Waals surface area contributed by atoms with Gasteiger partial charge in [0, 0.05) is 18.3 Å². The lowest BCUT2D eigenvalue weighted by atomic mass is 10.1. The van der Waals surface area contributed by atoms with Crippen LogP contribution in [0.15, 0.2) is 30.6 Å². The Morgan fingerprint density at radius 2 is 2.29 bits per heavy atom. The molecule has 0 spiro atoms. The molecule has 5 heteroatoms. The summed E-state index contributed by atoms with van der Waals surface area (Å²) in [5, 5.41) is 3.84. The summed E-state index contributed by atoms with van der Waals surface area (Å²) in [6.45, 7) is 2.58. The second-order valence-electron chi connectivity index (χ2n) is 3.52. The number of ketones is 1. The third-order valence-corrected chi connectivity index (χ3v) is 2.80. The lowest BCUT2D eigenvalue weighted by Crippen LogP contribution is -2.02. The van der Waals surface area contributed by atoms with Crippen molar-refractivity contribution < 1.29 is 9.18 Å². The molecule has 0 saturated heterocycles. The van der Waals surface area contributed by atoms with E-state index in [0.29, 0.717) is 12.1 Å². The first-order chi connectivity index (χ1) is 8.13. The van der Waals surface area contributed by atoms with Crippen molar-refractivity contribution in [2.24, 2.45) is 0 Å². The highest BCUT2D eigenvalue weighted by molar-refractivity contribution is 6.35. The van der Waals surface area contributed by atoms with E-state index in [1.807, 2.05) is 6.92 Å². The maximum atomic E-state index is 13.2. The molecule has 0 N–H and O–H groups in total. The molecule has 88 valence electrons. The highest BCUT2D eigenvalue weighted by Gasteiger charge is 2.16. The fourth-order valence-electron chi connectivity index (χ4n) is 1.49. The Bertz CT molecular complexity index is 565. The van der Waals surface area contributed by atoms with Gasteiger partial charge < -0.3 is 0 Å². The molecule has 1 heterocycles. The van der Waals surface area contributed by atoms with Crippen LogP contribution in [0.1, 0.15) is 22.8 Å². The van der Waals surface area contributed by atoms with Gasteiger partial charge in [0.1, 0.15) is 5.82 Å². The molecular formula is C12H10ClFN2O. The van der Waals surface area contributed by atoms with Gasteiger partial charge in [-0.25, -0.2) is 4.39 Å². The van der Waals surface area contributed by atoms with Crippen LogP contribution in [0.25, 0.3) is 0 Å². The Morgan fingerprint density at radius 1 is 1.53 bits per heavy atom. The minimum atomic E-state index is -0.597. The van der Waals surface area contributed by atoms with E-state index in [1.54, 1.807) is 10.9 Å². The van der Waals surface area contributed by atoms with Crippen LogP contribution in [0.5, 0.6) is 0 Å². The highest BCUT2D eigenvalue weighted by atomic mass is 35.5. The Balaban J connectivity index is 2.40. The van der Waals surface area contributed by atoms with E-state index in [1.165, 1.54) is 24.4 Å². The average Bonchev–Trinajstić information content (AvgIpc) is 2.80. The first kappa shape index (κ1) is 11.8. The predicted molar refractivity (Wildman–Crippen MR) is 62.7 cm³/mol. The molecule has 0 aliphatic heterocycles. The Hall–Kier alpha value is -1.68. The van der Waals surface area contributed by atoms with Crippen LogP contribution in [-0.2, 0) is 6.54 Å². The van der Waals surface area contributed by atoms with Gasteiger partial charge in [0.2, 0.25) is 0 Å². The molecule has 0 atom stereocenters. The summed E-state index contributed by atoms with van der Waals surface area (Å²) in [5.74, 6) is -0.922. The lowest BCUT2D eigenvalue weighted by molar-refractivity contribution is 0.103. The van der Waals surface area contributed by atoms with Crippen molar-refractivity contribution >= 4 is 17.4 Å². The van der Waals surface area contributed by atoms with E-state index in [0.717, 1.165) is 0 Å². The predicted octanol–water partition coefficient (Wildman–Crippen LogP) is 2.93. The monoisotopic (exact) mass is 252 g/mol. The molecule has 0 saturated carbocycles. The minimum Gasteiger partial charge on any atom is -0.288 e. The number of rotatable bonds is 3. The molecule has 1 aromatic carbocycles. The highest BCUT2D eigenvalue weighted by Crippen LogP contribution is 2.22. The van der Waals surface area contributed by atoms with Crippen LogP contribution in [0, 0.1) is 5.82 Å². The second-order valence-corrected chi connectivity index (χ2v) is 3.89. The topological polar surface area (TPSA) is 34.9 Å². The number of nitrogens with zero attached hydrogens (tertiary/aromatic N) is 2. The maximum Gasteiger partial charge on any atom is 0.197 e. The van der Waals surface area contributed by atoms with Gasteiger partial charge in [-0.05, 0) is 19.1 Å². The SMILES string of the molecule is CCn1cc(C(=O)c2cccc(F)c2Cl)cn1. The van der Waals surface area contributed by atoms with Crippen LogP contribution in [0.4, 0.5) is 4.39 Å². The van der Waals surface area contributed by atoms with E-state index >= 15 is 0 Å². The van der Waals surface area contributed by atoms with Gasteiger partial charge in [-0.2, -0.15) is 5.10 Å². The number of benzene rings is 1.